The molecule has 1 fully saturated rings. The number of thiocarbonyl (C=S) groups is 1. The number of ether oxygens (including phenoxy) is 1. The summed E-state index contributed by atoms with van der Waals surface area (Å²) in [6.07, 6.45) is 2.80. The molecule has 1 aromatic heterocycles. The van der Waals surface area contributed by atoms with Crippen molar-refractivity contribution in [2.45, 2.75) is 24.7 Å². The second-order valence-corrected chi connectivity index (χ2v) is 5.48. The fourth-order valence-corrected chi connectivity index (χ4v) is 2.71. The molecule has 0 saturated carbocycles. The molecule has 8 heteroatoms. The number of hydrogen-bond acceptors (Lipinski definition) is 4. The molecule has 21 heavy (non-hydrogen) atoms. The van der Waals surface area contributed by atoms with E-state index < -0.39 is 22.8 Å². The van der Waals surface area contributed by atoms with Crippen LogP contribution < -0.4 is 5.73 Å². The van der Waals surface area contributed by atoms with E-state index in [1.165, 1.54) is 17.3 Å². The van der Waals surface area contributed by atoms with Gasteiger partial charge in [-0.05, 0) is 25.1 Å². The van der Waals surface area contributed by atoms with Crippen LogP contribution in [-0.2, 0) is 16.9 Å². The predicted octanol–water partition coefficient (Wildman–Crippen LogP) is 1.53. The van der Waals surface area contributed by atoms with Crippen molar-refractivity contribution >= 4 is 17.2 Å². The summed E-state index contributed by atoms with van der Waals surface area (Å²) in [5.41, 5.74) is 3.51. The Balaban J connectivity index is 2.10. The summed E-state index contributed by atoms with van der Waals surface area (Å²) in [5.74, 6) is -1.15. The summed E-state index contributed by atoms with van der Waals surface area (Å²) in [7, 11) is 0. The molecule has 2 aromatic rings. The van der Waals surface area contributed by atoms with Gasteiger partial charge in [0.15, 0.2) is 11.2 Å². The molecule has 0 amide bonds. The first-order valence-corrected chi connectivity index (χ1v) is 6.58. The Morgan fingerprint density at radius 3 is 2.81 bits per heavy atom. The standard InChI is InChI=1S/C13H12F2N4OS/c1-12(11(16)21)13(20-12,5-19-7-17-6-18-19)9-4-8(14)2-3-10(9)15/h2-4,6-7H,5H2,1H3,(H2,16,21)/t12-,13+/m1/s1. The number of epoxide rings is 1. The SMILES string of the molecule is C[C@]1(C(N)=S)O[C@@]1(Cn1cncn1)c1cc(F)ccc1F. The number of nitrogens with zero attached hydrogens (tertiary/aromatic N) is 3. The maximum absolute atomic E-state index is 14.2. The normalized spacial score (nSPS) is 27.6. The fraction of sp³-hybridized carbons (Fsp3) is 0.308. The van der Waals surface area contributed by atoms with Crippen molar-refractivity contribution in [3.63, 3.8) is 0 Å². The van der Waals surface area contributed by atoms with Crippen LogP contribution in [0.25, 0.3) is 0 Å². The summed E-state index contributed by atoms with van der Waals surface area (Å²) in [4.78, 5) is 3.90. The molecule has 5 nitrogen and oxygen atoms in total. The van der Waals surface area contributed by atoms with Gasteiger partial charge in [-0.3, -0.25) is 0 Å². The molecular weight excluding hydrogens is 298 g/mol. The summed E-state index contributed by atoms with van der Waals surface area (Å²) in [5, 5.41) is 3.97. The van der Waals surface area contributed by atoms with E-state index in [1.54, 1.807) is 6.92 Å². The quantitative estimate of drug-likeness (QED) is 0.685. The summed E-state index contributed by atoms with van der Waals surface area (Å²) in [6, 6.07) is 3.19. The maximum Gasteiger partial charge on any atom is 0.152 e. The maximum atomic E-state index is 14.2. The number of rotatable bonds is 4. The Labute approximate surface area is 124 Å². The number of aromatic nitrogens is 3. The molecule has 3 rings (SSSR count). The van der Waals surface area contributed by atoms with E-state index in [2.05, 4.69) is 10.1 Å². The van der Waals surface area contributed by atoms with Crippen molar-refractivity contribution in [2.24, 2.45) is 5.73 Å². The van der Waals surface area contributed by atoms with Crippen molar-refractivity contribution in [2.75, 3.05) is 0 Å². The average molecular weight is 310 g/mol. The fourth-order valence-electron chi connectivity index (χ4n) is 2.50. The molecule has 0 bridgehead atoms. The van der Waals surface area contributed by atoms with Crippen molar-refractivity contribution in [3.05, 3.63) is 48.1 Å². The highest BCUT2D eigenvalue weighted by molar-refractivity contribution is 7.80. The minimum Gasteiger partial charge on any atom is -0.391 e. The zero-order chi connectivity index (χ0) is 15.3. The molecule has 2 N–H and O–H groups in total. The number of halogens is 2. The molecule has 2 heterocycles. The van der Waals surface area contributed by atoms with Gasteiger partial charge in [0.1, 0.15) is 29.3 Å². The van der Waals surface area contributed by atoms with Crippen LogP contribution in [0.15, 0.2) is 30.9 Å². The van der Waals surface area contributed by atoms with Crippen LogP contribution in [0.3, 0.4) is 0 Å². The van der Waals surface area contributed by atoms with Gasteiger partial charge in [0.05, 0.1) is 6.54 Å². The predicted molar refractivity (Wildman–Crippen MR) is 74.3 cm³/mol. The van der Waals surface area contributed by atoms with Crippen molar-refractivity contribution < 1.29 is 13.5 Å². The Kier molecular flexibility index (Phi) is 3.03. The molecule has 110 valence electrons. The third-order valence-corrected chi connectivity index (χ3v) is 4.18. The van der Waals surface area contributed by atoms with E-state index in [0.29, 0.717) is 0 Å². The first kappa shape index (κ1) is 14.0. The molecule has 0 aliphatic carbocycles. The monoisotopic (exact) mass is 310 g/mol. The Bertz CT molecular complexity index is 708. The van der Waals surface area contributed by atoms with E-state index in [4.69, 9.17) is 22.7 Å². The molecule has 1 aliphatic rings. The number of benzene rings is 1. The highest BCUT2D eigenvalue weighted by atomic mass is 32.1. The lowest BCUT2D eigenvalue weighted by molar-refractivity contribution is 0.252. The van der Waals surface area contributed by atoms with Crippen LogP contribution in [0.2, 0.25) is 0 Å². The Morgan fingerprint density at radius 1 is 1.48 bits per heavy atom. The van der Waals surface area contributed by atoms with Crippen molar-refractivity contribution in [1.29, 1.82) is 0 Å². The first-order valence-electron chi connectivity index (χ1n) is 6.17. The van der Waals surface area contributed by atoms with Gasteiger partial charge in [0.2, 0.25) is 0 Å². The molecule has 1 aromatic carbocycles. The van der Waals surface area contributed by atoms with Crippen molar-refractivity contribution in [3.8, 4) is 0 Å². The summed E-state index contributed by atoms with van der Waals surface area (Å²) in [6.45, 7) is 1.78. The molecule has 0 radical (unpaired) electrons. The van der Waals surface area contributed by atoms with Crippen LogP contribution in [0.1, 0.15) is 12.5 Å². The van der Waals surface area contributed by atoms with Gasteiger partial charge in [-0.1, -0.05) is 12.2 Å². The van der Waals surface area contributed by atoms with Crippen LogP contribution in [0, 0.1) is 11.6 Å². The first-order chi connectivity index (χ1) is 9.89. The van der Waals surface area contributed by atoms with Gasteiger partial charge in [-0.15, -0.1) is 0 Å². The van der Waals surface area contributed by atoms with Gasteiger partial charge >= 0.3 is 0 Å². The van der Waals surface area contributed by atoms with Gasteiger partial charge in [0.25, 0.3) is 0 Å². The summed E-state index contributed by atoms with van der Waals surface area (Å²) < 4.78 is 34.8. The van der Waals surface area contributed by atoms with Crippen LogP contribution in [0.5, 0.6) is 0 Å². The zero-order valence-corrected chi connectivity index (χ0v) is 11.9. The second kappa shape index (κ2) is 4.54. The van der Waals surface area contributed by atoms with E-state index in [9.17, 15) is 8.78 Å². The minimum atomic E-state index is -1.20. The largest absolute Gasteiger partial charge is 0.391 e. The highest BCUT2D eigenvalue weighted by Gasteiger charge is 2.71. The van der Waals surface area contributed by atoms with E-state index in [-0.39, 0.29) is 17.1 Å². The third-order valence-electron chi connectivity index (χ3n) is 3.79. The Morgan fingerprint density at radius 2 is 2.24 bits per heavy atom. The minimum absolute atomic E-state index is 0.0632. The zero-order valence-electron chi connectivity index (χ0n) is 11.1. The highest BCUT2D eigenvalue weighted by Crippen LogP contribution is 2.57. The van der Waals surface area contributed by atoms with Crippen LogP contribution in [0.4, 0.5) is 8.78 Å². The Hall–Kier alpha value is -1.93. The van der Waals surface area contributed by atoms with Crippen molar-refractivity contribution in [1.82, 2.24) is 14.8 Å². The lowest BCUT2D eigenvalue weighted by Crippen LogP contribution is -2.37. The number of hydrogen-bond donors (Lipinski definition) is 1. The molecule has 0 spiro atoms. The molecule has 1 saturated heterocycles. The van der Waals surface area contributed by atoms with Gasteiger partial charge < -0.3 is 10.5 Å². The average Bonchev–Trinajstić information content (AvgIpc) is 2.81. The van der Waals surface area contributed by atoms with E-state index in [1.807, 2.05) is 0 Å². The van der Waals surface area contributed by atoms with Gasteiger partial charge in [-0.2, -0.15) is 5.10 Å². The number of nitrogens with two attached hydrogens (primary N) is 1. The van der Waals surface area contributed by atoms with Gasteiger partial charge in [-0.25, -0.2) is 18.4 Å². The third kappa shape index (κ3) is 2.02. The molecule has 1 aliphatic heterocycles. The van der Waals surface area contributed by atoms with Crippen LogP contribution in [-0.4, -0.2) is 25.4 Å². The smallest absolute Gasteiger partial charge is 0.152 e. The van der Waals surface area contributed by atoms with E-state index >= 15 is 0 Å². The van der Waals surface area contributed by atoms with Crippen LogP contribution >= 0.6 is 12.2 Å². The lowest BCUT2D eigenvalue weighted by atomic mass is 9.86. The topological polar surface area (TPSA) is 69.3 Å². The van der Waals surface area contributed by atoms with Gasteiger partial charge in [0, 0.05) is 5.56 Å². The second-order valence-electron chi connectivity index (χ2n) is 5.04. The molecular formula is C13H12F2N4OS. The summed E-state index contributed by atoms with van der Waals surface area (Å²) >= 11 is 5.01. The molecule has 0 unspecified atom stereocenters. The lowest BCUT2D eigenvalue weighted by Gasteiger charge is -2.18. The van der Waals surface area contributed by atoms with E-state index in [0.717, 1.165) is 18.2 Å². The molecule has 2 atom stereocenters.